The largest absolute Gasteiger partial charge is 0.480 e. The van der Waals surface area contributed by atoms with E-state index in [9.17, 15) is 24.3 Å². The normalized spacial score (nSPS) is 14.2. The maximum absolute atomic E-state index is 13.3. The van der Waals surface area contributed by atoms with Crippen molar-refractivity contribution in [2.24, 2.45) is 17.2 Å². The minimum atomic E-state index is -1.16. The van der Waals surface area contributed by atoms with Crippen LogP contribution in [0.2, 0.25) is 0 Å². The van der Waals surface area contributed by atoms with Gasteiger partial charge in [-0.2, -0.15) is 12.6 Å². The first-order valence-electron chi connectivity index (χ1n) is 12.2. The number of carboxylic acids is 1. The molecule has 4 unspecified atom stereocenters. The molecule has 0 saturated carbocycles. The van der Waals surface area contributed by atoms with Gasteiger partial charge in [0, 0.05) is 12.2 Å². The Morgan fingerprint density at radius 1 is 0.778 bits per heavy atom. The Morgan fingerprint density at radius 2 is 1.28 bits per heavy atom. The summed E-state index contributed by atoms with van der Waals surface area (Å²) in [4.78, 5) is 50.3. The van der Waals surface area contributed by atoms with E-state index in [0.717, 1.165) is 5.56 Å². The molecule has 12 heteroatoms. The van der Waals surface area contributed by atoms with Crippen LogP contribution >= 0.6 is 12.6 Å². The third kappa shape index (κ3) is 11.8. The van der Waals surface area contributed by atoms with Gasteiger partial charge in [0.1, 0.15) is 18.1 Å². The number of benzene rings is 1. The van der Waals surface area contributed by atoms with Gasteiger partial charge in [-0.1, -0.05) is 30.3 Å². The number of carbonyl (C=O) groups excluding carboxylic acids is 3. The third-order valence-electron chi connectivity index (χ3n) is 5.59. The number of nitrogens with one attached hydrogen (secondary N) is 3. The molecule has 36 heavy (non-hydrogen) atoms. The third-order valence-corrected chi connectivity index (χ3v) is 5.98. The van der Waals surface area contributed by atoms with Gasteiger partial charge in [-0.25, -0.2) is 4.79 Å². The fourth-order valence-electron chi connectivity index (χ4n) is 3.48. The molecule has 0 saturated heterocycles. The standard InChI is InChI=1S/C24H40N6O5S/c25-12-6-4-10-18(22(32)29-19(24(34)35)11-5-7-13-26)28-23(33)20(30-21(31)17(27)15-36)14-16-8-2-1-3-9-16/h1-3,8-9,17-20,36H,4-7,10-15,25-27H2,(H,28,33)(H,29,32)(H,30,31)(H,34,35). The molecule has 0 heterocycles. The molecule has 1 aromatic carbocycles. The van der Waals surface area contributed by atoms with Crippen molar-refractivity contribution in [3.63, 3.8) is 0 Å². The van der Waals surface area contributed by atoms with E-state index in [0.29, 0.717) is 38.8 Å². The summed E-state index contributed by atoms with van der Waals surface area (Å²) in [5.74, 6) is -2.81. The Bertz CT molecular complexity index is 828. The van der Waals surface area contributed by atoms with Gasteiger partial charge in [-0.05, 0) is 57.2 Å². The first-order valence-corrected chi connectivity index (χ1v) is 12.8. The van der Waals surface area contributed by atoms with Gasteiger partial charge in [-0.3, -0.25) is 14.4 Å². The zero-order valence-corrected chi connectivity index (χ0v) is 21.4. The van der Waals surface area contributed by atoms with Crippen LogP contribution < -0.4 is 33.2 Å². The van der Waals surface area contributed by atoms with Crippen molar-refractivity contribution in [1.82, 2.24) is 16.0 Å². The molecule has 0 spiro atoms. The minimum Gasteiger partial charge on any atom is -0.480 e. The van der Waals surface area contributed by atoms with Crippen LogP contribution in [0.25, 0.3) is 0 Å². The Kier molecular flexibility index (Phi) is 15.4. The number of thiol groups is 1. The Morgan fingerprint density at radius 3 is 1.81 bits per heavy atom. The number of hydrogen-bond donors (Lipinski definition) is 8. The molecule has 0 aliphatic rings. The van der Waals surface area contributed by atoms with E-state index in [1.54, 1.807) is 0 Å². The molecule has 1 aromatic rings. The second kappa shape index (κ2) is 17.7. The number of carboxylic acid groups (broad SMARTS) is 1. The van der Waals surface area contributed by atoms with Crippen molar-refractivity contribution in [2.45, 2.75) is 69.1 Å². The van der Waals surface area contributed by atoms with Gasteiger partial charge in [0.05, 0.1) is 6.04 Å². The van der Waals surface area contributed by atoms with E-state index in [-0.39, 0.29) is 25.0 Å². The fourth-order valence-corrected chi connectivity index (χ4v) is 3.64. The van der Waals surface area contributed by atoms with Gasteiger partial charge < -0.3 is 38.3 Å². The summed E-state index contributed by atoms with van der Waals surface area (Å²) in [6, 6.07) is 5.06. The predicted octanol–water partition coefficient (Wildman–Crippen LogP) is -0.717. The van der Waals surface area contributed by atoms with E-state index in [4.69, 9.17) is 17.2 Å². The van der Waals surface area contributed by atoms with Crippen LogP contribution in [0.1, 0.15) is 44.1 Å². The quantitative estimate of drug-likeness (QED) is 0.0907. The summed E-state index contributed by atoms with van der Waals surface area (Å²) in [7, 11) is 0. The van der Waals surface area contributed by atoms with Crippen LogP contribution in [0, 0.1) is 0 Å². The lowest BCUT2D eigenvalue weighted by Gasteiger charge is -2.25. The first-order chi connectivity index (χ1) is 17.2. The highest BCUT2D eigenvalue weighted by atomic mass is 32.1. The van der Waals surface area contributed by atoms with Crippen LogP contribution in [0.15, 0.2) is 30.3 Å². The fraction of sp³-hybridized carbons (Fsp3) is 0.583. The topological polar surface area (TPSA) is 203 Å². The number of unbranched alkanes of at least 4 members (excludes halogenated alkanes) is 2. The van der Waals surface area contributed by atoms with Gasteiger partial charge in [-0.15, -0.1) is 0 Å². The summed E-state index contributed by atoms with van der Waals surface area (Å²) in [5.41, 5.74) is 17.6. The minimum absolute atomic E-state index is 0.0936. The van der Waals surface area contributed by atoms with Crippen molar-refractivity contribution in [1.29, 1.82) is 0 Å². The van der Waals surface area contributed by atoms with Crippen LogP contribution in [0.3, 0.4) is 0 Å². The molecule has 202 valence electrons. The van der Waals surface area contributed by atoms with E-state index < -0.39 is 47.9 Å². The molecule has 11 nitrogen and oxygen atoms in total. The average molecular weight is 525 g/mol. The highest BCUT2D eigenvalue weighted by Crippen LogP contribution is 2.08. The Balaban J connectivity index is 3.03. The van der Waals surface area contributed by atoms with Crippen molar-refractivity contribution < 1.29 is 24.3 Å². The number of amides is 3. The monoisotopic (exact) mass is 524 g/mol. The van der Waals surface area contributed by atoms with Gasteiger partial charge in [0.25, 0.3) is 0 Å². The number of hydrogen-bond acceptors (Lipinski definition) is 8. The SMILES string of the molecule is NCCCCC(NC(=O)C(CCCCN)NC(=O)C(Cc1ccccc1)NC(=O)C(N)CS)C(=O)O. The zero-order chi connectivity index (χ0) is 26.9. The van der Waals surface area contributed by atoms with Crippen molar-refractivity contribution in [3.8, 4) is 0 Å². The molecule has 0 radical (unpaired) electrons. The molecule has 0 bridgehead atoms. The molecule has 3 amide bonds. The van der Waals surface area contributed by atoms with Crippen LogP contribution in [0.5, 0.6) is 0 Å². The Labute approximate surface area is 217 Å². The first kappa shape index (κ1) is 31.4. The van der Waals surface area contributed by atoms with E-state index in [2.05, 4.69) is 28.6 Å². The summed E-state index contributed by atoms with van der Waals surface area (Å²) >= 11 is 4.03. The molecular formula is C24H40N6O5S. The summed E-state index contributed by atoms with van der Waals surface area (Å²) in [6.07, 6.45) is 2.98. The maximum Gasteiger partial charge on any atom is 0.326 e. The van der Waals surface area contributed by atoms with Gasteiger partial charge in [0.2, 0.25) is 17.7 Å². The van der Waals surface area contributed by atoms with Crippen molar-refractivity contribution in [2.75, 3.05) is 18.8 Å². The number of nitrogens with two attached hydrogens (primary N) is 3. The van der Waals surface area contributed by atoms with E-state index in [1.807, 2.05) is 30.3 Å². The molecule has 1 rings (SSSR count). The second-order valence-corrected chi connectivity index (χ2v) is 8.93. The van der Waals surface area contributed by atoms with Crippen LogP contribution in [-0.2, 0) is 25.6 Å². The number of carbonyl (C=O) groups is 4. The number of rotatable bonds is 18. The van der Waals surface area contributed by atoms with Gasteiger partial charge >= 0.3 is 5.97 Å². The molecule has 0 aromatic heterocycles. The maximum atomic E-state index is 13.3. The molecule has 4 atom stereocenters. The molecular weight excluding hydrogens is 484 g/mol. The average Bonchev–Trinajstić information content (AvgIpc) is 2.87. The van der Waals surface area contributed by atoms with Crippen molar-refractivity contribution in [3.05, 3.63) is 35.9 Å². The Hall–Kier alpha value is -2.67. The highest BCUT2D eigenvalue weighted by Gasteiger charge is 2.30. The van der Waals surface area contributed by atoms with E-state index >= 15 is 0 Å². The number of aliphatic carboxylic acids is 1. The van der Waals surface area contributed by atoms with E-state index in [1.165, 1.54) is 0 Å². The van der Waals surface area contributed by atoms with Crippen molar-refractivity contribution >= 4 is 36.3 Å². The van der Waals surface area contributed by atoms with Crippen LogP contribution in [-0.4, -0.2) is 71.8 Å². The highest BCUT2D eigenvalue weighted by molar-refractivity contribution is 7.80. The predicted molar refractivity (Wildman–Crippen MR) is 141 cm³/mol. The lowest BCUT2D eigenvalue weighted by Crippen LogP contribution is -2.57. The summed E-state index contributed by atoms with van der Waals surface area (Å²) in [5, 5.41) is 17.4. The van der Waals surface area contributed by atoms with Crippen LogP contribution in [0.4, 0.5) is 0 Å². The lowest BCUT2D eigenvalue weighted by molar-refractivity contribution is -0.142. The second-order valence-electron chi connectivity index (χ2n) is 8.57. The lowest BCUT2D eigenvalue weighted by atomic mass is 10.0. The summed E-state index contributed by atoms with van der Waals surface area (Å²) in [6.45, 7) is 0.830. The molecule has 0 aliphatic heterocycles. The summed E-state index contributed by atoms with van der Waals surface area (Å²) < 4.78 is 0. The zero-order valence-electron chi connectivity index (χ0n) is 20.5. The smallest absolute Gasteiger partial charge is 0.326 e. The molecule has 10 N–H and O–H groups in total. The molecule has 0 aliphatic carbocycles. The molecule has 0 fully saturated rings. The van der Waals surface area contributed by atoms with Gasteiger partial charge in [0.15, 0.2) is 0 Å².